The number of hydrogen-bond donors (Lipinski definition) is 3. The molecule has 0 amide bonds. The number of aliphatic hydroxyl groups is 3. The van der Waals surface area contributed by atoms with Crippen LogP contribution in [0.1, 0.15) is 11.8 Å². The van der Waals surface area contributed by atoms with Crippen LogP contribution in [0.2, 0.25) is 0 Å². The van der Waals surface area contributed by atoms with Crippen molar-refractivity contribution in [3.63, 3.8) is 0 Å². The van der Waals surface area contributed by atoms with Gasteiger partial charge in [0.1, 0.15) is 29.0 Å². The number of rotatable bonds is 2. The highest BCUT2D eigenvalue weighted by molar-refractivity contribution is 9.10. The Balaban J connectivity index is 2.23. The van der Waals surface area contributed by atoms with Crippen molar-refractivity contribution < 1.29 is 20.1 Å². The van der Waals surface area contributed by atoms with E-state index in [0.717, 1.165) is 0 Å². The SMILES string of the molecule is OC[C@H]1O[C@H](c2cccc(Br)n2)[C@H](O)[C@@H]1O. The molecule has 1 aliphatic heterocycles. The quantitative estimate of drug-likeness (QED) is 0.668. The summed E-state index contributed by atoms with van der Waals surface area (Å²) in [6.07, 6.45) is -3.62. The van der Waals surface area contributed by atoms with Crippen molar-refractivity contribution in [1.82, 2.24) is 4.98 Å². The molecule has 4 atom stereocenters. The molecule has 1 aliphatic rings. The molecule has 0 spiro atoms. The second-order valence-electron chi connectivity index (χ2n) is 3.64. The van der Waals surface area contributed by atoms with Gasteiger partial charge in [0, 0.05) is 0 Å². The first kappa shape index (κ1) is 11.9. The minimum atomic E-state index is -1.09. The number of aliphatic hydroxyl groups excluding tert-OH is 3. The number of ether oxygens (including phenoxy) is 1. The molecule has 3 N–H and O–H groups in total. The van der Waals surface area contributed by atoms with Crippen LogP contribution in [-0.4, -0.2) is 45.2 Å². The Morgan fingerprint density at radius 3 is 2.62 bits per heavy atom. The van der Waals surface area contributed by atoms with Gasteiger partial charge in [-0.05, 0) is 28.1 Å². The van der Waals surface area contributed by atoms with Gasteiger partial charge < -0.3 is 20.1 Å². The van der Waals surface area contributed by atoms with Crippen LogP contribution in [0, 0.1) is 0 Å². The maximum absolute atomic E-state index is 9.76. The molecule has 0 saturated carbocycles. The van der Waals surface area contributed by atoms with Crippen LogP contribution in [0.25, 0.3) is 0 Å². The van der Waals surface area contributed by atoms with E-state index in [1.54, 1.807) is 18.2 Å². The maximum Gasteiger partial charge on any atom is 0.128 e. The zero-order valence-electron chi connectivity index (χ0n) is 8.32. The largest absolute Gasteiger partial charge is 0.394 e. The molecule has 1 saturated heterocycles. The summed E-state index contributed by atoms with van der Waals surface area (Å²) in [5, 5.41) is 28.3. The molecule has 0 aromatic carbocycles. The lowest BCUT2D eigenvalue weighted by Crippen LogP contribution is -2.32. The van der Waals surface area contributed by atoms with E-state index in [9.17, 15) is 10.2 Å². The number of hydrogen-bond acceptors (Lipinski definition) is 5. The van der Waals surface area contributed by atoms with E-state index in [1.165, 1.54) is 0 Å². The number of halogens is 1. The third-order valence-electron chi connectivity index (χ3n) is 2.57. The predicted molar refractivity (Wildman–Crippen MR) is 58.7 cm³/mol. The molecule has 88 valence electrons. The van der Waals surface area contributed by atoms with Gasteiger partial charge >= 0.3 is 0 Å². The summed E-state index contributed by atoms with van der Waals surface area (Å²) in [6.45, 7) is -0.331. The van der Waals surface area contributed by atoms with Crippen molar-refractivity contribution in [1.29, 1.82) is 0 Å². The Morgan fingerprint density at radius 1 is 1.31 bits per heavy atom. The number of pyridine rings is 1. The fraction of sp³-hybridized carbons (Fsp3) is 0.500. The monoisotopic (exact) mass is 289 g/mol. The van der Waals surface area contributed by atoms with Gasteiger partial charge in [0.25, 0.3) is 0 Å². The van der Waals surface area contributed by atoms with Crippen LogP contribution in [-0.2, 0) is 4.74 Å². The van der Waals surface area contributed by atoms with E-state index in [4.69, 9.17) is 9.84 Å². The van der Waals surface area contributed by atoms with Crippen LogP contribution >= 0.6 is 15.9 Å². The normalized spacial score (nSPS) is 34.2. The standard InChI is InChI=1S/C10H12BrNO4/c11-7-3-1-2-5(12-7)10-9(15)8(14)6(4-13)16-10/h1-3,6,8-10,13-15H,4H2/t6-,8-,9-,10-/m1/s1. The van der Waals surface area contributed by atoms with Gasteiger partial charge in [-0.1, -0.05) is 6.07 Å². The summed E-state index contributed by atoms with van der Waals surface area (Å²) in [7, 11) is 0. The van der Waals surface area contributed by atoms with Gasteiger partial charge in [-0.25, -0.2) is 4.98 Å². The molecule has 1 fully saturated rings. The Bertz CT molecular complexity index is 376. The fourth-order valence-corrected chi connectivity index (χ4v) is 2.08. The van der Waals surface area contributed by atoms with Crippen molar-refractivity contribution in [3.8, 4) is 0 Å². The molecule has 0 bridgehead atoms. The average molecular weight is 290 g/mol. The number of aromatic nitrogens is 1. The minimum absolute atomic E-state index is 0.331. The fourth-order valence-electron chi connectivity index (χ4n) is 1.73. The van der Waals surface area contributed by atoms with Gasteiger partial charge in [0.15, 0.2) is 0 Å². The maximum atomic E-state index is 9.76. The minimum Gasteiger partial charge on any atom is -0.394 e. The van der Waals surface area contributed by atoms with Gasteiger partial charge in [-0.15, -0.1) is 0 Å². The molecule has 0 aliphatic carbocycles. The second kappa shape index (κ2) is 4.77. The topological polar surface area (TPSA) is 82.8 Å². The van der Waals surface area contributed by atoms with Crippen LogP contribution in [0.3, 0.4) is 0 Å². The van der Waals surface area contributed by atoms with Gasteiger partial charge in [-0.2, -0.15) is 0 Å². The van der Waals surface area contributed by atoms with Crippen LogP contribution in [0.15, 0.2) is 22.8 Å². The Kier molecular flexibility index (Phi) is 3.56. The Labute approximate surface area is 101 Å². The summed E-state index contributed by atoms with van der Waals surface area (Å²) in [6, 6.07) is 5.22. The Hall–Kier alpha value is -0.530. The summed E-state index contributed by atoms with van der Waals surface area (Å²) in [4.78, 5) is 4.15. The van der Waals surface area contributed by atoms with Crippen molar-refractivity contribution in [3.05, 3.63) is 28.5 Å². The first-order valence-electron chi connectivity index (χ1n) is 4.88. The van der Waals surface area contributed by atoms with E-state index < -0.39 is 24.4 Å². The summed E-state index contributed by atoms with van der Waals surface area (Å²) >= 11 is 3.22. The average Bonchev–Trinajstić information content (AvgIpc) is 2.56. The molecular weight excluding hydrogens is 278 g/mol. The lowest BCUT2D eigenvalue weighted by atomic mass is 10.1. The van der Waals surface area contributed by atoms with Gasteiger partial charge in [0.05, 0.1) is 12.3 Å². The highest BCUT2D eigenvalue weighted by atomic mass is 79.9. The van der Waals surface area contributed by atoms with Gasteiger partial charge in [0.2, 0.25) is 0 Å². The third-order valence-corrected chi connectivity index (χ3v) is 3.01. The van der Waals surface area contributed by atoms with Gasteiger partial charge in [-0.3, -0.25) is 0 Å². The van der Waals surface area contributed by atoms with Crippen LogP contribution in [0.5, 0.6) is 0 Å². The van der Waals surface area contributed by atoms with E-state index in [2.05, 4.69) is 20.9 Å². The first-order valence-corrected chi connectivity index (χ1v) is 5.67. The third kappa shape index (κ3) is 2.11. The molecular formula is C10H12BrNO4. The van der Waals surface area contributed by atoms with Crippen molar-refractivity contribution in [2.75, 3.05) is 6.61 Å². The van der Waals surface area contributed by atoms with Crippen LogP contribution in [0.4, 0.5) is 0 Å². The molecule has 5 nitrogen and oxygen atoms in total. The van der Waals surface area contributed by atoms with E-state index >= 15 is 0 Å². The van der Waals surface area contributed by atoms with Crippen molar-refractivity contribution in [2.45, 2.75) is 24.4 Å². The zero-order valence-corrected chi connectivity index (χ0v) is 9.91. The highest BCUT2D eigenvalue weighted by Crippen LogP contribution is 2.32. The molecule has 0 radical (unpaired) electrons. The predicted octanol–water partition coefficient (Wildman–Crippen LogP) is -0.00190. The molecule has 2 heterocycles. The summed E-state index contributed by atoms with van der Waals surface area (Å²) in [5.74, 6) is 0. The highest BCUT2D eigenvalue weighted by Gasteiger charge is 2.43. The number of nitrogens with zero attached hydrogens (tertiary/aromatic N) is 1. The second-order valence-corrected chi connectivity index (χ2v) is 4.46. The van der Waals surface area contributed by atoms with Crippen molar-refractivity contribution >= 4 is 15.9 Å². The molecule has 1 aromatic rings. The molecule has 16 heavy (non-hydrogen) atoms. The van der Waals surface area contributed by atoms with E-state index in [-0.39, 0.29) is 6.61 Å². The van der Waals surface area contributed by atoms with E-state index in [0.29, 0.717) is 10.3 Å². The first-order chi connectivity index (χ1) is 7.63. The molecule has 2 rings (SSSR count). The molecule has 1 aromatic heterocycles. The van der Waals surface area contributed by atoms with E-state index in [1.807, 2.05) is 0 Å². The molecule has 6 heteroatoms. The zero-order chi connectivity index (χ0) is 11.7. The smallest absolute Gasteiger partial charge is 0.128 e. The van der Waals surface area contributed by atoms with Crippen LogP contribution < -0.4 is 0 Å². The summed E-state index contributed by atoms with van der Waals surface area (Å²) in [5.41, 5.74) is 0.525. The molecule has 0 unspecified atom stereocenters. The lowest BCUT2D eigenvalue weighted by molar-refractivity contribution is -0.0239. The Morgan fingerprint density at radius 2 is 2.06 bits per heavy atom. The van der Waals surface area contributed by atoms with Crippen molar-refractivity contribution in [2.24, 2.45) is 0 Å². The summed E-state index contributed by atoms with van der Waals surface area (Å²) < 4.78 is 5.97. The lowest BCUT2D eigenvalue weighted by Gasteiger charge is -2.13.